The predicted molar refractivity (Wildman–Crippen MR) is 164 cm³/mol. The molecule has 2 atom stereocenters. The molecule has 42 heavy (non-hydrogen) atoms. The van der Waals surface area contributed by atoms with E-state index in [2.05, 4.69) is 27.4 Å². The van der Waals surface area contributed by atoms with E-state index in [1.807, 2.05) is 36.4 Å². The number of anilines is 2. The molecule has 0 spiro atoms. The van der Waals surface area contributed by atoms with Crippen LogP contribution in [0.3, 0.4) is 0 Å². The van der Waals surface area contributed by atoms with Crippen LogP contribution < -0.4 is 21.5 Å². The number of nitrogens with one attached hydrogen (secondary N) is 1. The van der Waals surface area contributed by atoms with Crippen molar-refractivity contribution in [2.45, 2.75) is 44.6 Å². The highest BCUT2D eigenvalue weighted by Crippen LogP contribution is 2.24. The predicted octanol–water partition coefficient (Wildman–Crippen LogP) is 4.06. The van der Waals surface area contributed by atoms with Crippen LogP contribution >= 0.6 is 11.6 Å². The van der Waals surface area contributed by atoms with E-state index in [1.54, 1.807) is 7.11 Å². The summed E-state index contributed by atoms with van der Waals surface area (Å²) < 4.78 is 11.0. The Labute approximate surface area is 252 Å². The van der Waals surface area contributed by atoms with Gasteiger partial charge in [-0.3, -0.25) is 4.79 Å². The van der Waals surface area contributed by atoms with E-state index in [9.17, 15) is 9.59 Å². The Bertz CT molecular complexity index is 1370. The Morgan fingerprint density at radius 1 is 0.952 bits per heavy atom. The number of aromatic nitrogens is 2. The minimum atomic E-state index is -0.393. The van der Waals surface area contributed by atoms with Crippen molar-refractivity contribution < 1.29 is 23.5 Å². The molecule has 11 heteroatoms. The maximum Gasteiger partial charge on any atom is 0.337 e. The van der Waals surface area contributed by atoms with Crippen molar-refractivity contribution in [1.82, 2.24) is 15.3 Å². The summed E-state index contributed by atoms with van der Waals surface area (Å²) in [5, 5.41) is 3.09. The van der Waals surface area contributed by atoms with E-state index < -0.39 is 5.91 Å². The maximum atomic E-state index is 13.1. The Kier molecular flexibility index (Phi) is 10.6. The van der Waals surface area contributed by atoms with Crippen LogP contribution in [-0.4, -0.2) is 72.8 Å². The van der Waals surface area contributed by atoms with Crippen LogP contribution in [-0.2, 0) is 17.6 Å². The van der Waals surface area contributed by atoms with Crippen LogP contribution in [0, 0.1) is 0 Å². The zero-order valence-electron chi connectivity index (χ0n) is 24.3. The van der Waals surface area contributed by atoms with Gasteiger partial charge >= 0.3 is 5.97 Å². The van der Waals surface area contributed by atoms with E-state index in [1.165, 1.54) is 18.2 Å². The van der Waals surface area contributed by atoms with Gasteiger partial charge in [0.05, 0.1) is 52.0 Å². The number of piperidine rings is 1. The van der Waals surface area contributed by atoms with Gasteiger partial charge < -0.3 is 30.7 Å². The molecular weight excluding hydrogens is 556 g/mol. The number of halogens is 1. The molecule has 0 saturated carbocycles. The minimum absolute atomic E-state index is 0.00383. The smallest absolute Gasteiger partial charge is 0.337 e. The Balaban J connectivity index is 1.43. The highest BCUT2D eigenvalue weighted by Gasteiger charge is 2.35. The van der Waals surface area contributed by atoms with Gasteiger partial charge in [-0.2, -0.15) is 0 Å². The number of nitrogen functional groups attached to an aromatic ring is 2. The SMILES string of the molecule is COC(=O)c1ccc(CCC[N+]2(CCCc3ccc(OC)cc3)CCCC(NC(=O)c3nc(Cl)c(N)nc3N)C2)cc1. The number of hydrogen-bond acceptors (Lipinski definition) is 8. The van der Waals surface area contributed by atoms with Gasteiger partial charge in [0.15, 0.2) is 22.5 Å². The lowest BCUT2D eigenvalue weighted by Gasteiger charge is -2.45. The average molecular weight is 596 g/mol. The third-order valence-electron chi connectivity index (χ3n) is 7.98. The molecule has 0 aliphatic carbocycles. The third kappa shape index (κ3) is 8.10. The van der Waals surface area contributed by atoms with Gasteiger partial charge in [0.1, 0.15) is 5.75 Å². The Hall–Kier alpha value is -3.89. The van der Waals surface area contributed by atoms with E-state index in [-0.39, 0.29) is 34.5 Å². The van der Waals surface area contributed by atoms with Crippen molar-refractivity contribution >= 4 is 35.1 Å². The van der Waals surface area contributed by atoms with Crippen LogP contribution in [0.25, 0.3) is 0 Å². The summed E-state index contributed by atoms with van der Waals surface area (Å²) in [6, 6.07) is 15.8. The summed E-state index contributed by atoms with van der Waals surface area (Å²) in [5.74, 6) is 0.0814. The lowest BCUT2D eigenvalue weighted by molar-refractivity contribution is -0.933. The lowest BCUT2D eigenvalue weighted by Crippen LogP contribution is -2.60. The maximum absolute atomic E-state index is 13.1. The number of methoxy groups -OCH3 is 2. The zero-order valence-corrected chi connectivity index (χ0v) is 25.0. The topological polar surface area (TPSA) is 142 Å². The highest BCUT2D eigenvalue weighted by molar-refractivity contribution is 6.31. The van der Waals surface area contributed by atoms with Gasteiger partial charge in [0.2, 0.25) is 0 Å². The van der Waals surface area contributed by atoms with Gasteiger partial charge in [-0.15, -0.1) is 0 Å². The van der Waals surface area contributed by atoms with E-state index >= 15 is 0 Å². The van der Waals surface area contributed by atoms with Crippen LogP contribution in [0.5, 0.6) is 5.75 Å². The third-order valence-corrected chi connectivity index (χ3v) is 8.26. The van der Waals surface area contributed by atoms with Crippen molar-refractivity contribution in [2.75, 3.05) is 51.9 Å². The number of carbonyl (C=O) groups excluding carboxylic acids is 2. The van der Waals surface area contributed by atoms with Crippen LogP contribution in [0.4, 0.5) is 11.6 Å². The first-order valence-electron chi connectivity index (χ1n) is 14.3. The summed E-state index contributed by atoms with van der Waals surface area (Å²) in [7, 11) is 3.06. The fourth-order valence-electron chi connectivity index (χ4n) is 5.78. The summed E-state index contributed by atoms with van der Waals surface area (Å²) >= 11 is 6.01. The summed E-state index contributed by atoms with van der Waals surface area (Å²) in [6.07, 6.45) is 5.72. The molecule has 2 heterocycles. The zero-order chi connectivity index (χ0) is 30.1. The normalized spacial score (nSPS) is 18.3. The molecule has 1 aliphatic heterocycles. The van der Waals surface area contributed by atoms with Crippen molar-refractivity contribution in [3.8, 4) is 5.75 Å². The Morgan fingerprint density at radius 2 is 1.57 bits per heavy atom. The van der Waals surface area contributed by atoms with E-state index in [4.69, 9.17) is 32.5 Å². The van der Waals surface area contributed by atoms with Crippen molar-refractivity contribution in [2.24, 2.45) is 0 Å². The molecule has 0 bridgehead atoms. The number of benzene rings is 2. The number of rotatable bonds is 12. The molecule has 3 aromatic rings. The largest absolute Gasteiger partial charge is 0.497 e. The highest BCUT2D eigenvalue weighted by atomic mass is 35.5. The average Bonchev–Trinajstić information content (AvgIpc) is 2.99. The second-order valence-corrected chi connectivity index (χ2v) is 11.2. The molecule has 1 aliphatic rings. The van der Waals surface area contributed by atoms with Gasteiger partial charge in [-0.05, 0) is 61.1 Å². The fraction of sp³-hybridized carbons (Fsp3) is 0.419. The van der Waals surface area contributed by atoms with Crippen LogP contribution in [0.2, 0.25) is 5.15 Å². The number of nitrogens with two attached hydrogens (primary N) is 2. The van der Waals surface area contributed by atoms with Crippen molar-refractivity contribution in [3.63, 3.8) is 0 Å². The first kappa shape index (κ1) is 31.1. The molecule has 1 amide bonds. The fourth-order valence-corrected chi connectivity index (χ4v) is 5.90. The number of quaternary nitrogens is 1. The molecule has 0 radical (unpaired) electrons. The number of nitrogens with zero attached hydrogens (tertiary/aromatic N) is 3. The van der Waals surface area contributed by atoms with E-state index in [0.29, 0.717) is 5.56 Å². The van der Waals surface area contributed by atoms with E-state index in [0.717, 1.165) is 74.9 Å². The van der Waals surface area contributed by atoms with Gasteiger partial charge in [-0.1, -0.05) is 35.9 Å². The molecule has 2 unspecified atom stereocenters. The quantitative estimate of drug-likeness (QED) is 0.210. The monoisotopic (exact) mass is 595 g/mol. The molecule has 2 aromatic carbocycles. The number of amides is 1. The number of hydrogen-bond donors (Lipinski definition) is 3. The number of aryl methyl sites for hydroxylation is 2. The molecular formula is C31H40ClN6O4+. The molecule has 1 aromatic heterocycles. The summed E-state index contributed by atoms with van der Waals surface area (Å²) in [5.41, 5.74) is 14.6. The number of ether oxygens (including phenoxy) is 2. The van der Waals surface area contributed by atoms with Crippen molar-refractivity contribution in [3.05, 3.63) is 76.1 Å². The first-order chi connectivity index (χ1) is 20.2. The summed E-state index contributed by atoms with van der Waals surface area (Å²) in [6.45, 7) is 3.83. The van der Waals surface area contributed by atoms with Crippen LogP contribution in [0.15, 0.2) is 48.5 Å². The molecule has 5 N–H and O–H groups in total. The molecule has 1 fully saturated rings. The van der Waals surface area contributed by atoms with Gasteiger partial charge in [0.25, 0.3) is 5.91 Å². The first-order valence-corrected chi connectivity index (χ1v) is 14.6. The second-order valence-electron chi connectivity index (χ2n) is 10.9. The minimum Gasteiger partial charge on any atom is -0.497 e. The number of likely N-dealkylation sites (tertiary alicyclic amines) is 1. The second kappa shape index (κ2) is 14.3. The Morgan fingerprint density at radius 3 is 2.17 bits per heavy atom. The van der Waals surface area contributed by atoms with Gasteiger partial charge in [-0.25, -0.2) is 14.8 Å². The standard InChI is InChI=1S/C31H39ClN6O4/c1-41-25-15-11-22(12-16-25)7-4-18-38(17-3-6-21-9-13-23(14-10-21)31(40)42-2)19-5-8-24(20-38)35-30(39)26-28(33)37-29(34)27(32)36-26/h9-16,24H,3-8,17-20H2,1-2H3,(H4-,33,34,35,37,39)/p+1. The molecule has 10 nitrogen and oxygen atoms in total. The molecule has 1 saturated heterocycles. The summed E-state index contributed by atoms with van der Waals surface area (Å²) in [4.78, 5) is 32.9. The number of esters is 1. The van der Waals surface area contributed by atoms with Crippen molar-refractivity contribution in [1.29, 1.82) is 0 Å². The lowest BCUT2D eigenvalue weighted by atomic mass is 9.99. The number of carbonyl (C=O) groups is 2. The van der Waals surface area contributed by atoms with Gasteiger partial charge in [0, 0.05) is 12.8 Å². The molecule has 4 rings (SSSR count). The molecule has 224 valence electrons. The van der Waals surface area contributed by atoms with Crippen LogP contribution in [0.1, 0.15) is 57.7 Å².